The van der Waals surface area contributed by atoms with Gasteiger partial charge in [-0.25, -0.2) is 4.79 Å². The molecule has 0 unspecified atom stereocenters. The average molecular weight is 445 g/mol. The van der Waals surface area contributed by atoms with Crippen LogP contribution in [-0.2, 0) is 11.3 Å². The number of hydrogen-bond donors (Lipinski definition) is 0. The van der Waals surface area contributed by atoms with E-state index in [2.05, 4.69) is 0 Å². The second kappa shape index (κ2) is 9.27. The Morgan fingerprint density at radius 1 is 1.19 bits per heavy atom. The molecule has 0 N–H and O–H groups in total. The van der Waals surface area contributed by atoms with E-state index in [-0.39, 0.29) is 24.3 Å². The minimum atomic E-state index is -0.684. The molecule has 1 amide bonds. The summed E-state index contributed by atoms with van der Waals surface area (Å²) in [7, 11) is 0. The Kier molecular flexibility index (Phi) is 6.90. The van der Waals surface area contributed by atoms with Crippen LogP contribution in [-0.4, -0.2) is 45.8 Å². The van der Waals surface area contributed by atoms with E-state index in [9.17, 15) is 14.4 Å². The van der Waals surface area contributed by atoms with Crippen LogP contribution in [0.1, 0.15) is 76.1 Å². The topological polar surface area (TPSA) is 68.6 Å². The van der Waals surface area contributed by atoms with Crippen molar-refractivity contribution in [3.63, 3.8) is 0 Å². The van der Waals surface area contributed by atoms with Crippen LogP contribution in [0.2, 0.25) is 5.02 Å². The summed E-state index contributed by atoms with van der Waals surface area (Å²) in [6.07, 6.45) is 1.71. The molecule has 1 fully saturated rings. The van der Waals surface area contributed by atoms with Gasteiger partial charge in [-0.1, -0.05) is 23.7 Å². The van der Waals surface area contributed by atoms with Crippen molar-refractivity contribution >= 4 is 29.3 Å². The molecule has 0 aliphatic heterocycles. The molecule has 1 aromatic heterocycles. The largest absolute Gasteiger partial charge is 0.461 e. The highest BCUT2D eigenvalue weighted by Crippen LogP contribution is 2.34. The first kappa shape index (κ1) is 23.1. The van der Waals surface area contributed by atoms with Crippen LogP contribution in [0.25, 0.3) is 0 Å². The number of ether oxygens (including phenoxy) is 1. The number of Topliss-reactive ketones (excluding diaryl/α,β-unsaturated/α-hetero) is 1. The molecule has 0 saturated heterocycles. The summed E-state index contributed by atoms with van der Waals surface area (Å²) in [5.74, 6) is -0.868. The molecule has 1 heterocycles. The van der Waals surface area contributed by atoms with Crippen LogP contribution in [0.3, 0.4) is 0 Å². The van der Waals surface area contributed by atoms with Crippen molar-refractivity contribution in [1.29, 1.82) is 0 Å². The predicted octanol–water partition coefficient (Wildman–Crippen LogP) is 4.83. The molecule has 31 heavy (non-hydrogen) atoms. The van der Waals surface area contributed by atoms with E-state index >= 15 is 0 Å². The molecule has 1 aliphatic rings. The van der Waals surface area contributed by atoms with Gasteiger partial charge in [-0.05, 0) is 65.2 Å². The number of carbonyl (C=O) groups excluding carboxylic acids is 3. The van der Waals surface area contributed by atoms with E-state index in [4.69, 9.17) is 16.3 Å². The number of esters is 1. The normalized spacial score (nSPS) is 14.3. The van der Waals surface area contributed by atoms with Crippen molar-refractivity contribution in [1.82, 2.24) is 9.47 Å². The van der Waals surface area contributed by atoms with Crippen LogP contribution < -0.4 is 0 Å². The Hall–Kier alpha value is -2.60. The van der Waals surface area contributed by atoms with Gasteiger partial charge in [-0.2, -0.15) is 0 Å². The van der Waals surface area contributed by atoms with E-state index in [1.807, 2.05) is 18.4 Å². The van der Waals surface area contributed by atoms with Crippen LogP contribution >= 0.6 is 11.6 Å². The number of benzene rings is 1. The zero-order valence-electron chi connectivity index (χ0n) is 18.7. The SMILES string of the molecule is CCOC(=O)c1c(C)c(C(=O)[C@@H](C)N(C(=O)c2ccccc2Cl)C2CC2)c(C)n1CC. The van der Waals surface area contributed by atoms with E-state index < -0.39 is 12.0 Å². The molecule has 0 bridgehead atoms. The number of halogens is 1. The Balaban J connectivity index is 2.00. The van der Waals surface area contributed by atoms with Crippen molar-refractivity contribution in [3.8, 4) is 0 Å². The molecule has 7 heteroatoms. The molecule has 0 spiro atoms. The maximum atomic E-state index is 13.7. The minimum Gasteiger partial charge on any atom is -0.461 e. The lowest BCUT2D eigenvalue weighted by molar-refractivity contribution is 0.0512. The van der Waals surface area contributed by atoms with Crippen molar-refractivity contribution in [3.05, 3.63) is 57.4 Å². The summed E-state index contributed by atoms with van der Waals surface area (Å²) in [5, 5.41) is 0.367. The van der Waals surface area contributed by atoms with Crippen molar-refractivity contribution in [2.24, 2.45) is 0 Å². The fraction of sp³-hybridized carbons (Fsp3) is 0.458. The van der Waals surface area contributed by atoms with E-state index in [0.717, 1.165) is 12.8 Å². The molecular formula is C24H29ClN2O4. The van der Waals surface area contributed by atoms with E-state index in [1.54, 1.807) is 49.9 Å². The van der Waals surface area contributed by atoms with Crippen molar-refractivity contribution in [2.45, 2.75) is 66.1 Å². The Bertz CT molecular complexity index is 1020. The minimum absolute atomic E-state index is 0.0149. The molecule has 1 aliphatic carbocycles. The molecular weight excluding hydrogens is 416 g/mol. The van der Waals surface area contributed by atoms with Gasteiger partial charge >= 0.3 is 5.97 Å². The van der Waals surface area contributed by atoms with Gasteiger partial charge < -0.3 is 14.2 Å². The van der Waals surface area contributed by atoms with Gasteiger partial charge in [0.05, 0.1) is 23.2 Å². The van der Waals surface area contributed by atoms with Gasteiger partial charge in [0.2, 0.25) is 0 Å². The fourth-order valence-corrected chi connectivity index (χ4v) is 4.45. The first-order valence-corrected chi connectivity index (χ1v) is 11.1. The third-order valence-electron chi connectivity index (χ3n) is 5.87. The zero-order valence-corrected chi connectivity index (χ0v) is 19.5. The predicted molar refractivity (Wildman–Crippen MR) is 120 cm³/mol. The highest BCUT2D eigenvalue weighted by atomic mass is 35.5. The molecule has 1 atom stereocenters. The lowest BCUT2D eigenvalue weighted by atomic mass is 9.99. The standard InChI is InChI=1S/C24H29ClN2O4/c1-6-26-15(4)20(14(3)21(26)24(30)31-7-2)22(28)16(5)27(17-12-13-17)23(29)18-10-8-9-11-19(18)25/h8-11,16-17H,6-7,12-13H2,1-5H3/t16-/m1/s1. The average Bonchev–Trinajstić information content (AvgIpc) is 3.53. The number of hydrogen-bond acceptors (Lipinski definition) is 4. The lowest BCUT2D eigenvalue weighted by Gasteiger charge is -2.29. The first-order valence-electron chi connectivity index (χ1n) is 10.7. The number of ketones is 1. The Morgan fingerprint density at radius 2 is 1.84 bits per heavy atom. The van der Waals surface area contributed by atoms with Gasteiger partial charge in [-0.15, -0.1) is 0 Å². The van der Waals surface area contributed by atoms with Gasteiger partial charge in [0.15, 0.2) is 5.78 Å². The van der Waals surface area contributed by atoms with Crippen LogP contribution in [0, 0.1) is 13.8 Å². The summed E-state index contributed by atoms with van der Waals surface area (Å²) in [6.45, 7) is 9.81. The fourth-order valence-electron chi connectivity index (χ4n) is 4.24. The third kappa shape index (κ3) is 4.26. The number of amides is 1. The van der Waals surface area contributed by atoms with Crippen molar-refractivity contribution < 1.29 is 19.1 Å². The number of carbonyl (C=O) groups is 3. The third-order valence-corrected chi connectivity index (χ3v) is 6.20. The second-order valence-corrected chi connectivity index (χ2v) is 8.27. The highest BCUT2D eigenvalue weighted by Gasteiger charge is 2.41. The summed E-state index contributed by atoms with van der Waals surface area (Å²) in [4.78, 5) is 41.2. The summed E-state index contributed by atoms with van der Waals surface area (Å²) in [6, 6.07) is 6.22. The summed E-state index contributed by atoms with van der Waals surface area (Å²) >= 11 is 6.26. The van der Waals surface area contributed by atoms with Gasteiger partial charge in [0.25, 0.3) is 5.91 Å². The van der Waals surface area contributed by atoms with Crippen LogP contribution in [0.15, 0.2) is 24.3 Å². The Morgan fingerprint density at radius 3 is 2.39 bits per heavy atom. The summed E-state index contributed by atoms with van der Waals surface area (Å²) in [5.41, 5.74) is 2.57. The van der Waals surface area contributed by atoms with Crippen LogP contribution in [0.5, 0.6) is 0 Å². The number of aromatic nitrogens is 1. The monoisotopic (exact) mass is 444 g/mol. The van der Waals surface area contributed by atoms with Crippen LogP contribution in [0.4, 0.5) is 0 Å². The summed E-state index contributed by atoms with van der Waals surface area (Å²) < 4.78 is 7.02. The molecule has 1 aromatic carbocycles. The van der Waals surface area contributed by atoms with Gasteiger partial charge in [0, 0.05) is 23.8 Å². The molecule has 3 rings (SSSR count). The van der Waals surface area contributed by atoms with Crippen molar-refractivity contribution in [2.75, 3.05) is 6.61 Å². The lowest BCUT2D eigenvalue weighted by Crippen LogP contribution is -2.45. The quantitative estimate of drug-likeness (QED) is 0.432. The molecule has 0 radical (unpaired) electrons. The molecule has 6 nitrogen and oxygen atoms in total. The number of rotatable bonds is 8. The van der Waals surface area contributed by atoms with E-state index in [0.29, 0.717) is 39.6 Å². The second-order valence-electron chi connectivity index (χ2n) is 7.86. The maximum Gasteiger partial charge on any atom is 0.355 e. The smallest absolute Gasteiger partial charge is 0.355 e. The van der Waals surface area contributed by atoms with E-state index in [1.165, 1.54) is 0 Å². The molecule has 2 aromatic rings. The molecule has 1 saturated carbocycles. The highest BCUT2D eigenvalue weighted by molar-refractivity contribution is 6.33. The van der Waals surface area contributed by atoms with Gasteiger partial charge in [-0.3, -0.25) is 9.59 Å². The molecule has 166 valence electrons. The zero-order chi connectivity index (χ0) is 22.9. The van der Waals surface area contributed by atoms with Gasteiger partial charge in [0.1, 0.15) is 5.69 Å². The number of nitrogens with zero attached hydrogens (tertiary/aromatic N) is 2. The Labute approximate surface area is 188 Å². The first-order chi connectivity index (χ1) is 14.7. The maximum absolute atomic E-state index is 13.7.